The van der Waals surface area contributed by atoms with Crippen LogP contribution in [0, 0.1) is 17.2 Å². The molecule has 0 aromatic heterocycles. The lowest BCUT2D eigenvalue weighted by atomic mass is 10.0. The number of nitrogens with zero attached hydrogens (tertiary/aromatic N) is 1. The van der Waals surface area contributed by atoms with Crippen molar-refractivity contribution in [3.8, 4) is 6.07 Å². The van der Waals surface area contributed by atoms with E-state index in [-0.39, 0.29) is 12.3 Å². The largest absolute Gasteiger partial charge is 0.355 e. The highest BCUT2D eigenvalue weighted by Gasteiger charge is 2.13. The SMILES string of the molecule is N#CCC(=O)NCCCC1CCCC1. The molecule has 0 aliphatic heterocycles. The van der Waals surface area contributed by atoms with E-state index in [4.69, 9.17) is 5.26 Å². The minimum absolute atomic E-state index is 0.0105. The van der Waals surface area contributed by atoms with Gasteiger partial charge in [0, 0.05) is 6.54 Å². The molecule has 1 rings (SSSR count). The van der Waals surface area contributed by atoms with Gasteiger partial charge in [-0.15, -0.1) is 0 Å². The van der Waals surface area contributed by atoms with Crippen LogP contribution < -0.4 is 5.32 Å². The number of rotatable bonds is 5. The van der Waals surface area contributed by atoms with Crippen LogP contribution >= 0.6 is 0 Å². The van der Waals surface area contributed by atoms with Crippen LogP contribution in [0.5, 0.6) is 0 Å². The topological polar surface area (TPSA) is 52.9 Å². The minimum atomic E-state index is -0.140. The third-order valence-electron chi connectivity index (χ3n) is 2.83. The van der Waals surface area contributed by atoms with Crippen LogP contribution in [0.2, 0.25) is 0 Å². The molecule has 0 aromatic rings. The predicted molar refractivity (Wildman–Crippen MR) is 54.4 cm³/mol. The summed E-state index contributed by atoms with van der Waals surface area (Å²) in [6, 6.07) is 1.84. The maximum atomic E-state index is 10.9. The van der Waals surface area contributed by atoms with Crippen molar-refractivity contribution in [2.45, 2.75) is 44.9 Å². The molecule has 0 spiro atoms. The zero-order valence-electron chi connectivity index (χ0n) is 8.59. The number of amides is 1. The molecule has 1 saturated carbocycles. The molecular weight excluding hydrogens is 176 g/mol. The van der Waals surface area contributed by atoms with E-state index in [0.29, 0.717) is 0 Å². The molecule has 3 nitrogen and oxygen atoms in total. The van der Waals surface area contributed by atoms with Crippen molar-refractivity contribution in [3.05, 3.63) is 0 Å². The Morgan fingerprint density at radius 3 is 2.79 bits per heavy atom. The van der Waals surface area contributed by atoms with Crippen LogP contribution in [0.25, 0.3) is 0 Å². The monoisotopic (exact) mass is 194 g/mol. The summed E-state index contributed by atoms with van der Waals surface area (Å²) in [5.74, 6) is 0.752. The fraction of sp³-hybridized carbons (Fsp3) is 0.818. The fourth-order valence-corrected chi connectivity index (χ4v) is 2.05. The first-order chi connectivity index (χ1) is 6.83. The zero-order chi connectivity index (χ0) is 10.2. The average Bonchev–Trinajstić information content (AvgIpc) is 2.65. The predicted octanol–water partition coefficient (Wildman–Crippen LogP) is 1.99. The van der Waals surface area contributed by atoms with Gasteiger partial charge in [-0.3, -0.25) is 4.79 Å². The van der Waals surface area contributed by atoms with Crippen LogP contribution in [0.15, 0.2) is 0 Å². The number of nitrogens with one attached hydrogen (secondary N) is 1. The molecule has 0 saturated heterocycles. The maximum absolute atomic E-state index is 10.9. The molecule has 1 fully saturated rings. The van der Waals surface area contributed by atoms with Crippen LogP contribution in [-0.2, 0) is 4.79 Å². The van der Waals surface area contributed by atoms with E-state index in [1.54, 1.807) is 0 Å². The van der Waals surface area contributed by atoms with Gasteiger partial charge >= 0.3 is 0 Å². The van der Waals surface area contributed by atoms with Gasteiger partial charge < -0.3 is 5.32 Å². The van der Waals surface area contributed by atoms with E-state index in [2.05, 4.69) is 5.32 Å². The smallest absolute Gasteiger partial charge is 0.234 e. The minimum Gasteiger partial charge on any atom is -0.355 e. The molecule has 0 unspecified atom stereocenters. The summed E-state index contributed by atoms with van der Waals surface area (Å²) in [4.78, 5) is 10.9. The Hall–Kier alpha value is -1.04. The number of nitriles is 1. The Labute approximate surface area is 85.5 Å². The first-order valence-electron chi connectivity index (χ1n) is 5.46. The number of carbonyl (C=O) groups excluding carboxylic acids is 1. The van der Waals surface area contributed by atoms with E-state index in [9.17, 15) is 4.79 Å². The van der Waals surface area contributed by atoms with Gasteiger partial charge in [0.1, 0.15) is 6.42 Å². The maximum Gasteiger partial charge on any atom is 0.234 e. The third kappa shape index (κ3) is 4.27. The summed E-state index contributed by atoms with van der Waals surface area (Å²) in [6.45, 7) is 0.733. The normalized spacial score (nSPS) is 16.5. The average molecular weight is 194 g/mol. The highest BCUT2D eigenvalue weighted by Crippen LogP contribution is 2.28. The number of hydrogen-bond acceptors (Lipinski definition) is 2. The van der Waals surface area contributed by atoms with Crippen molar-refractivity contribution in [2.24, 2.45) is 5.92 Å². The van der Waals surface area contributed by atoms with Gasteiger partial charge in [-0.25, -0.2) is 0 Å². The molecule has 14 heavy (non-hydrogen) atoms. The quantitative estimate of drug-likeness (QED) is 0.680. The lowest BCUT2D eigenvalue weighted by Gasteiger charge is -2.08. The Balaban J connectivity index is 1.93. The van der Waals surface area contributed by atoms with Crippen LogP contribution in [0.3, 0.4) is 0 Å². The van der Waals surface area contributed by atoms with Crippen LogP contribution in [0.4, 0.5) is 0 Å². The molecule has 1 aliphatic carbocycles. The highest BCUT2D eigenvalue weighted by molar-refractivity contribution is 5.77. The summed E-state index contributed by atoms with van der Waals surface area (Å²) < 4.78 is 0. The second-order valence-electron chi connectivity index (χ2n) is 3.98. The Kier molecular flexibility index (Phi) is 5.06. The molecule has 78 valence electrons. The van der Waals surface area contributed by atoms with Gasteiger partial charge in [0.05, 0.1) is 6.07 Å². The molecular formula is C11H18N2O. The number of carbonyl (C=O) groups is 1. The molecule has 0 aromatic carbocycles. The second-order valence-corrected chi connectivity index (χ2v) is 3.98. The molecule has 0 bridgehead atoms. The summed E-state index contributed by atoms with van der Waals surface area (Å²) in [5, 5.41) is 11.0. The third-order valence-corrected chi connectivity index (χ3v) is 2.83. The molecule has 0 heterocycles. The summed E-state index contributed by atoms with van der Waals surface area (Å²) in [7, 11) is 0. The van der Waals surface area contributed by atoms with Gasteiger partial charge in [-0.05, 0) is 18.8 Å². The summed E-state index contributed by atoms with van der Waals surface area (Å²) >= 11 is 0. The van der Waals surface area contributed by atoms with Gasteiger partial charge in [-0.1, -0.05) is 25.7 Å². The zero-order valence-corrected chi connectivity index (χ0v) is 8.59. The summed E-state index contributed by atoms with van der Waals surface area (Å²) in [6.07, 6.45) is 7.77. The van der Waals surface area contributed by atoms with Crippen molar-refractivity contribution in [1.29, 1.82) is 5.26 Å². The molecule has 3 heteroatoms. The van der Waals surface area contributed by atoms with E-state index >= 15 is 0 Å². The van der Waals surface area contributed by atoms with E-state index in [1.807, 2.05) is 6.07 Å². The lowest BCUT2D eigenvalue weighted by Crippen LogP contribution is -2.23. The van der Waals surface area contributed by atoms with Crippen molar-refractivity contribution in [2.75, 3.05) is 6.54 Å². The molecule has 1 amide bonds. The van der Waals surface area contributed by atoms with Crippen molar-refractivity contribution < 1.29 is 4.79 Å². The van der Waals surface area contributed by atoms with E-state index < -0.39 is 0 Å². The second kappa shape index (κ2) is 6.42. The lowest BCUT2D eigenvalue weighted by molar-refractivity contribution is -0.120. The molecule has 1 N–H and O–H groups in total. The van der Waals surface area contributed by atoms with Gasteiger partial charge in [0.15, 0.2) is 0 Å². The van der Waals surface area contributed by atoms with Crippen LogP contribution in [-0.4, -0.2) is 12.5 Å². The Morgan fingerprint density at radius 1 is 1.43 bits per heavy atom. The standard InChI is InChI=1S/C11H18N2O/c12-8-7-11(14)13-9-3-6-10-4-1-2-5-10/h10H,1-7,9H2,(H,13,14). The first-order valence-corrected chi connectivity index (χ1v) is 5.46. The molecule has 0 radical (unpaired) electrons. The fourth-order valence-electron chi connectivity index (χ4n) is 2.05. The van der Waals surface area contributed by atoms with Gasteiger partial charge in [0.25, 0.3) is 0 Å². The van der Waals surface area contributed by atoms with E-state index in [1.165, 1.54) is 32.1 Å². The van der Waals surface area contributed by atoms with E-state index in [0.717, 1.165) is 18.9 Å². The van der Waals surface area contributed by atoms with Crippen molar-refractivity contribution >= 4 is 5.91 Å². The van der Waals surface area contributed by atoms with Crippen molar-refractivity contribution in [3.63, 3.8) is 0 Å². The Bertz CT molecular complexity index is 214. The van der Waals surface area contributed by atoms with Crippen molar-refractivity contribution in [1.82, 2.24) is 5.32 Å². The van der Waals surface area contributed by atoms with Gasteiger partial charge in [0.2, 0.25) is 5.91 Å². The van der Waals surface area contributed by atoms with Gasteiger partial charge in [-0.2, -0.15) is 5.26 Å². The molecule has 0 atom stereocenters. The molecule has 1 aliphatic rings. The number of hydrogen-bond donors (Lipinski definition) is 1. The Morgan fingerprint density at radius 2 is 2.14 bits per heavy atom. The highest BCUT2D eigenvalue weighted by atomic mass is 16.1. The van der Waals surface area contributed by atoms with Crippen LogP contribution in [0.1, 0.15) is 44.9 Å². The first kappa shape index (κ1) is 11.0. The summed E-state index contributed by atoms with van der Waals surface area (Å²) in [5.41, 5.74) is 0.